The van der Waals surface area contributed by atoms with Crippen LogP contribution in [-0.2, 0) is 18.7 Å². The Labute approximate surface area is 116 Å². The smallest absolute Gasteiger partial charge is 0.116 e. The van der Waals surface area contributed by atoms with Crippen LogP contribution in [0.25, 0.3) is 0 Å². The molecule has 1 aliphatic rings. The van der Waals surface area contributed by atoms with Crippen LogP contribution < -0.4 is 0 Å². The summed E-state index contributed by atoms with van der Waals surface area (Å²) in [4.78, 5) is 4.68. The summed E-state index contributed by atoms with van der Waals surface area (Å²) in [5.74, 6) is 0.688. The molecule has 96 valence electrons. The average Bonchev–Trinajstić information content (AvgIpc) is 2.97. The number of fused-ring (bicyclic) bond motifs is 1. The van der Waals surface area contributed by atoms with Crippen molar-refractivity contribution in [1.29, 1.82) is 5.26 Å². The fourth-order valence-electron chi connectivity index (χ4n) is 2.31. The number of pyridine rings is 1. The van der Waals surface area contributed by atoms with Gasteiger partial charge in [0.15, 0.2) is 0 Å². The molecule has 0 unspecified atom stereocenters. The Morgan fingerprint density at radius 1 is 1.37 bits per heavy atom. The largest absolute Gasteiger partial charge is 0.262 e. The molecule has 0 spiro atoms. The van der Waals surface area contributed by atoms with Crippen LogP contribution in [0.5, 0.6) is 0 Å². The summed E-state index contributed by atoms with van der Waals surface area (Å²) in [5, 5.41) is 14.2. The normalized spacial score (nSPS) is 13.8. The topological polar surface area (TPSA) is 54.5 Å². The molecule has 3 rings (SSSR count). The molecule has 0 saturated heterocycles. The van der Waals surface area contributed by atoms with Crippen LogP contribution in [0.15, 0.2) is 29.6 Å². The summed E-state index contributed by atoms with van der Waals surface area (Å²) in [6.07, 6.45) is 8.18. The first-order valence-corrected chi connectivity index (χ1v) is 7.38. The SMILES string of the molecule is N#Cc1cc2c(nc1SCn1cccn1)CCCC2. The number of thioether (sulfide) groups is 1. The Hall–Kier alpha value is -1.80. The first-order valence-electron chi connectivity index (χ1n) is 6.40. The quantitative estimate of drug-likeness (QED) is 0.805. The van der Waals surface area contributed by atoms with Gasteiger partial charge in [-0.05, 0) is 43.4 Å². The van der Waals surface area contributed by atoms with Crippen molar-refractivity contribution in [1.82, 2.24) is 14.8 Å². The van der Waals surface area contributed by atoms with E-state index in [1.54, 1.807) is 18.0 Å². The lowest BCUT2D eigenvalue weighted by atomic mass is 9.95. The Morgan fingerprint density at radius 3 is 3.05 bits per heavy atom. The maximum absolute atomic E-state index is 9.25. The third kappa shape index (κ3) is 2.64. The summed E-state index contributed by atoms with van der Waals surface area (Å²) >= 11 is 1.57. The fraction of sp³-hybridized carbons (Fsp3) is 0.357. The Balaban J connectivity index is 1.85. The van der Waals surface area contributed by atoms with E-state index in [1.165, 1.54) is 24.1 Å². The number of hydrogen-bond acceptors (Lipinski definition) is 4. The standard InChI is InChI=1S/C14H14N4S/c15-9-12-8-11-4-1-2-5-13(11)17-14(12)19-10-18-7-3-6-16-18/h3,6-8H,1-2,4-5,10H2. The van der Waals surface area contributed by atoms with E-state index < -0.39 is 0 Å². The molecule has 2 heterocycles. The van der Waals surface area contributed by atoms with E-state index in [4.69, 9.17) is 0 Å². The molecule has 19 heavy (non-hydrogen) atoms. The number of rotatable bonds is 3. The van der Waals surface area contributed by atoms with E-state index in [9.17, 15) is 5.26 Å². The van der Waals surface area contributed by atoms with Gasteiger partial charge >= 0.3 is 0 Å². The van der Waals surface area contributed by atoms with Crippen molar-refractivity contribution in [3.63, 3.8) is 0 Å². The molecule has 0 atom stereocenters. The molecule has 0 aromatic carbocycles. The second-order valence-corrected chi connectivity index (χ2v) is 5.52. The van der Waals surface area contributed by atoms with Gasteiger partial charge in [-0.2, -0.15) is 10.4 Å². The van der Waals surface area contributed by atoms with Gasteiger partial charge < -0.3 is 0 Å². The van der Waals surface area contributed by atoms with E-state index in [1.807, 2.05) is 23.0 Å². The van der Waals surface area contributed by atoms with E-state index in [2.05, 4.69) is 16.2 Å². The molecule has 0 saturated carbocycles. The van der Waals surface area contributed by atoms with Crippen LogP contribution in [0.4, 0.5) is 0 Å². The molecule has 0 amide bonds. The number of aryl methyl sites for hydroxylation is 2. The first-order chi connectivity index (χ1) is 9.36. The predicted octanol–water partition coefficient (Wildman–Crippen LogP) is 2.78. The summed E-state index contributed by atoms with van der Waals surface area (Å²) < 4.78 is 1.84. The van der Waals surface area contributed by atoms with Gasteiger partial charge in [-0.1, -0.05) is 11.8 Å². The number of aromatic nitrogens is 3. The third-order valence-corrected chi connectivity index (χ3v) is 4.26. The highest BCUT2D eigenvalue weighted by atomic mass is 32.2. The van der Waals surface area contributed by atoms with E-state index >= 15 is 0 Å². The van der Waals surface area contributed by atoms with Gasteiger partial charge in [0.2, 0.25) is 0 Å². The maximum Gasteiger partial charge on any atom is 0.116 e. The van der Waals surface area contributed by atoms with Gasteiger partial charge in [-0.25, -0.2) is 4.98 Å². The van der Waals surface area contributed by atoms with Crippen molar-refractivity contribution in [3.8, 4) is 6.07 Å². The van der Waals surface area contributed by atoms with Gasteiger partial charge in [0.25, 0.3) is 0 Å². The molecule has 4 nitrogen and oxygen atoms in total. The second kappa shape index (κ2) is 5.45. The first kappa shape index (κ1) is 12.2. The minimum Gasteiger partial charge on any atom is -0.262 e. The Kier molecular flexibility index (Phi) is 3.51. The molecule has 2 aromatic rings. The highest BCUT2D eigenvalue weighted by Crippen LogP contribution is 2.27. The lowest BCUT2D eigenvalue weighted by Gasteiger charge is -2.16. The number of nitrogens with zero attached hydrogens (tertiary/aromatic N) is 4. The zero-order chi connectivity index (χ0) is 13.1. The van der Waals surface area contributed by atoms with Gasteiger partial charge in [0, 0.05) is 18.1 Å². The summed E-state index contributed by atoms with van der Waals surface area (Å²) in [6.45, 7) is 0. The Bertz CT molecular complexity index is 613. The van der Waals surface area contributed by atoms with Crippen LogP contribution in [0.3, 0.4) is 0 Å². The average molecular weight is 270 g/mol. The third-order valence-electron chi connectivity index (χ3n) is 3.28. The molecule has 0 N–H and O–H groups in total. The van der Waals surface area contributed by atoms with Gasteiger partial charge in [-0.3, -0.25) is 4.68 Å². The molecular weight excluding hydrogens is 256 g/mol. The van der Waals surface area contributed by atoms with Crippen LogP contribution >= 0.6 is 11.8 Å². The minimum atomic E-state index is 0.688. The molecule has 0 bridgehead atoms. The molecule has 0 aliphatic heterocycles. The van der Waals surface area contributed by atoms with Crippen molar-refractivity contribution in [2.45, 2.75) is 36.6 Å². The van der Waals surface area contributed by atoms with Crippen LogP contribution in [0.1, 0.15) is 29.7 Å². The summed E-state index contributed by atoms with van der Waals surface area (Å²) in [7, 11) is 0. The van der Waals surface area contributed by atoms with Crippen LogP contribution in [0, 0.1) is 11.3 Å². The fourth-order valence-corrected chi connectivity index (χ4v) is 3.15. The van der Waals surface area contributed by atoms with E-state index in [0.717, 1.165) is 17.9 Å². The van der Waals surface area contributed by atoms with Crippen molar-refractivity contribution in [3.05, 3.63) is 41.3 Å². The van der Waals surface area contributed by atoms with E-state index in [0.29, 0.717) is 11.4 Å². The lowest BCUT2D eigenvalue weighted by Crippen LogP contribution is -2.07. The van der Waals surface area contributed by atoms with Crippen molar-refractivity contribution in [2.24, 2.45) is 0 Å². The van der Waals surface area contributed by atoms with Gasteiger partial charge in [0.05, 0.1) is 11.4 Å². The molecule has 0 fully saturated rings. The number of hydrogen-bond donors (Lipinski definition) is 0. The zero-order valence-corrected chi connectivity index (χ0v) is 11.4. The van der Waals surface area contributed by atoms with Crippen LogP contribution in [-0.4, -0.2) is 14.8 Å². The predicted molar refractivity (Wildman–Crippen MR) is 73.7 cm³/mol. The highest BCUT2D eigenvalue weighted by Gasteiger charge is 2.15. The van der Waals surface area contributed by atoms with Crippen LogP contribution in [0.2, 0.25) is 0 Å². The zero-order valence-electron chi connectivity index (χ0n) is 10.5. The van der Waals surface area contributed by atoms with Crippen molar-refractivity contribution >= 4 is 11.8 Å². The maximum atomic E-state index is 9.25. The molecular formula is C14H14N4S. The number of nitriles is 1. The van der Waals surface area contributed by atoms with Gasteiger partial charge in [0.1, 0.15) is 11.1 Å². The summed E-state index contributed by atoms with van der Waals surface area (Å²) in [6, 6.07) is 6.18. The molecule has 5 heteroatoms. The monoisotopic (exact) mass is 270 g/mol. The highest BCUT2D eigenvalue weighted by molar-refractivity contribution is 7.98. The lowest BCUT2D eigenvalue weighted by molar-refractivity contribution is 0.659. The van der Waals surface area contributed by atoms with Gasteiger partial charge in [-0.15, -0.1) is 0 Å². The van der Waals surface area contributed by atoms with Crippen molar-refractivity contribution in [2.75, 3.05) is 0 Å². The van der Waals surface area contributed by atoms with E-state index in [-0.39, 0.29) is 0 Å². The molecule has 1 aliphatic carbocycles. The Morgan fingerprint density at radius 2 is 2.26 bits per heavy atom. The second-order valence-electron chi connectivity index (χ2n) is 4.58. The molecule has 0 radical (unpaired) electrons. The molecule has 2 aromatic heterocycles. The summed E-state index contributed by atoms with van der Waals surface area (Å²) in [5.41, 5.74) is 3.12. The van der Waals surface area contributed by atoms with Crippen molar-refractivity contribution < 1.29 is 0 Å². The minimum absolute atomic E-state index is 0.688.